The van der Waals surface area contributed by atoms with Crippen LogP contribution in [0.3, 0.4) is 0 Å². The molecule has 6 heteroatoms. The van der Waals surface area contributed by atoms with E-state index < -0.39 is 11.7 Å². The minimum Gasteiger partial charge on any atom is -0.489 e. The van der Waals surface area contributed by atoms with E-state index in [1.807, 2.05) is 23.1 Å². The minimum atomic E-state index is -4.31. The van der Waals surface area contributed by atoms with Crippen molar-refractivity contribution in [1.29, 1.82) is 0 Å². The molecule has 0 saturated carbocycles. The normalized spacial score (nSPS) is 15.6. The topological polar surface area (TPSA) is 16.9 Å². The van der Waals surface area contributed by atoms with Gasteiger partial charge in [-0.2, -0.15) is 13.2 Å². The standard InChI is InChI=1S/C21H23F3N2O/c1-2-14-27-20-9-4-3-6-17(20)16-25-10-12-26(13-11-25)19-8-5-7-18(15-19)21(22,23)24/h2-9,15H,1,10-14,16H2/p+1. The molecule has 1 heterocycles. The summed E-state index contributed by atoms with van der Waals surface area (Å²) in [5, 5.41) is 0. The number of piperazine rings is 1. The van der Waals surface area contributed by atoms with Crippen LogP contribution in [0, 0.1) is 0 Å². The van der Waals surface area contributed by atoms with Crippen LogP contribution in [0.4, 0.5) is 18.9 Å². The molecule has 3 rings (SSSR count). The van der Waals surface area contributed by atoms with Crippen LogP contribution in [-0.2, 0) is 12.7 Å². The summed E-state index contributed by atoms with van der Waals surface area (Å²) in [6, 6.07) is 13.5. The molecule has 1 aliphatic rings. The van der Waals surface area contributed by atoms with Crippen molar-refractivity contribution in [3.05, 3.63) is 72.3 Å². The van der Waals surface area contributed by atoms with Crippen LogP contribution in [0.1, 0.15) is 11.1 Å². The number of anilines is 1. The molecule has 2 aromatic carbocycles. The Morgan fingerprint density at radius 2 is 1.81 bits per heavy atom. The fraction of sp³-hybridized carbons (Fsp3) is 0.333. The largest absolute Gasteiger partial charge is 0.489 e. The van der Waals surface area contributed by atoms with E-state index in [0.29, 0.717) is 12.3 Å². The molecule has 0 spiro atoms. The zero-order chi connectivity index (χ0) is 19.3. The van der Waals surface area contributed by atoms with E-state index in [0.717, 1.165) is 50.1 Å². The fourth-order valence-electron chi connectivity index (χ4n) is 3.35. The van der Waals surface area contributed by atoms with E-state index in [1.165, 1.54) is 17.0 Å². The predicted octanol–water partition coefficient (Wildman–Crippen LogP) is 3.18. The van der Waals surface area contributed by atoms with Crippen LogP contribution in [-0.4, -0.2) is 32.8 Å². The smallest absolute Gasteiger partial charge is 0.416 e. The molecular weight excluding hydrogens is 353 g/mol. The fourth-order valence-corrected chi connectivity index (χ4v) is 3.35. The Labute approximate surface area is 157 Å². The third-order valence-corrected chi connectivity index (χ3v) is 4.78. The Morgan fingerprint density at radius 3 is 2.52 bits per heavy atom. The van der Waals surface area contributed by atoms with Gasteiger partial charge in [0.1, 0.15) is 18.9 Å². The molecule has 0 aromatic heterocycles. The van der Waals surface area contributed by atoms with E-state index in [-0.39, 0.29) is 0 Å². The molecule has 1 fully saturated rings. The van der Waals surface area contributed by atoms with Crippen LogP contribution >= 0.6 is 0 Å². The van der Waals surface area contributed by atoms with Crippen molar-refractivity contribution < 1.29 is 22.8 Å². The Balaban J connectivity index is 1.61. The second kappa shape index (κ2) is 8.48. The number of quaternary nitrogens is 1. The second-order valence-corrected chi connectivity index (χ2v) is 6.67. The molecule has 1 saturated heterocycles. The number of hydrogen-bond acceptors (Lipinski definition) is 2. The number of alkyl halides is 3. The van der Waals surface area contributed by atoms with Gasteiger partial charge in [-0.15, -0.1) is 0 Å². The third kappa shape index (κ3) is 5.04. The molecule has 3 nitrogen and oxygen atoms in total. The van der Waals surface area contributed by atoms with E-state index in [9.17, 15) is 13.2 Å². The molecule has 27 heavy (non-hydrogen) atoms. The van der Waals surface area contributed by atoms with E-state index in [4.69, 9.17) is 4.74 Å². The van der Waals surface area contributed by atoms with Crippen molar-refractivity contribution in [1.82, 2.24) is 0 Å². The lowest BCUT2D eigenvalue weighted by molar-refractivity contribution is -0.914. The Hall–Kier alpha value is -2.47. The van der Waals surface area contributed by atoms with Gasteiger partial charge in [0, 0.05) is 11.3 Å². The summed E-state index contributed by atoms with van der Waals surface area (Å²) in [6.45, 7) is 8.17. The van der Waals surface area contributed by atoms with Gasteiger partial charge in [0.15, 0.2) is 0 Å². The summed E-state index contributed by atoms with van der Waals surface area (Å²) in [5.41, 5.74) is 1.18. The Bertz CT molecular complexity index is 768. The SMILES string of the molecule is C=CCOc1ccccc1C[NH+]1CCN(c2cccc(C(F)(F)F)c2)CC1. The maximum absolute atomic E-state index is 12.9. The lowest BCUT2D eigenvalue weighted by Crippen LogP contribution is -3.13. The van der Waals surface area contributed by atoms with Crippen LogP contribution in [0.25, 0.3) is 0 Å². The molecule has 144 valence electrons. The summed E-state index contributed by atoms with van der Waals surface area (Å²) in [5.74, 6) is 0.866. The van der Waals surface area contributed by atoms with Crippen LogP contribution in [0.2, 0.25) is 0 Å². The number of nitrogens with one attached hydrogen (secondary N) is 1. The van der Waals surface area contributed by atoms with Crippen molar-refractivity contribution in [3.63, 3.8) is 0 Å². The monoisotopic (exact) mass is 377 g/mol. The van der Waals surface area contributed by atoms with Gasteiger partial charge in [-0.05, 0) is 30.3 Å². The van der Waals surface area contributed by atoms with Crippen LogP contribution < -0.4 is 14.5 Å². The molecule has 0 amide bonds. The summed E-state index contributed by atoms with van der Waals surface area (Å²) in [6.07, 6.45) is -2.59. The summed E-state index contributed by atoms with van der Waals surface area (Å²) in [4.78, 5) is 3.42. The Kier molecular flexibility index (Phi) is 6.06. The highest BCUT2D eigenvalue weighted by Crippen LogP contribution is 2.31. The first-order valence-electron chi connectivity index (χ1n) is 9.05. The van der Waals surface area contributed by atoms with Gasteiger partial charge in [0.25, 0.3) is 0 Å². The highest BCUT2D eigenvalue weighted by molar-refractivity contribution is 5.49. The third-order valence-electron chi connectivity index (χ3n) is 4.78. The van der Waals surface area contributed by atoms with Gasteiger partial charge in [0.05, 0.1) is 31.7 Å². The number of rotatable bonds is 6. The number of halogens is 3. The number of para-hydroxylation sites is 1. The van der Waals surface area contributed by atoms with E-state index in [1.54, 1.807) is 12.1 Å². The van der Waals surface area contributed by atoms with E-state index in [2.05, 4.69) is 12.6 Å². The molecule has 0 bridgehead atoms. The zero-order valence-electron chi connectivity index (χ0n) is 15.1. The average molecular weight is 377 g/mol. The summed E-state index contributed by atoms with van der Waals surface area (Å²) in [7, 11) is 0. The summed E-state index contributed by atoms with van der Waals surface area (Å²) >= 11 is 0. The van der Waals surface area contributed by atoms with Crippen molar-refractivity contribution >= 4 is 5.69 Å². The number of hydrogen-bond donors (Lipinski definition) is 1. The quantitative estimate of drug-likeness (QED) is 0.779. The molecule has 2 aromatic rings. The summed E-state index contributed by atoms with van der Waals surface area (Å²) < 4.78 is 44.5. The minimum absolute atomic E-state index is 0.468. The van der Waals surface area contributed by atoms with Gasteiger partial charge in [-0.1, -0.05) is 30.9 Å². The van der Waals surface area contributed by atoms with Gasteiger partial charge in [-0.3, -0.25) is 0 Å². The van der Waals surface area contributed by atoms with Crippen molar-refractivity contribution in [2.75, 3.05) is 37.7 Å². The lowest BCUT2D eigenvalue weighted by Gasteiger charge is -2.34. The highest BCUT2D eigenvalue weighted by atomic mass is 19.4. The molecule has 0 radical (unpaired) electrons. The maximum Gasteiger partial charge on any atom is 0.416 e. The van der Waals surface area contributed by atoms with Crippen molar-refractivity contribution in [3.8, 4) is 5.75 Å². The molecular formula is C21H24F3N2O+. The molecule has 0 atom stereocenters. The lowest BCUT2D eigenvalue weighted by atomic mass is 10.1. The van der Waals surface area contributed by atoms with Crippen molar-refractivity contribution in [2.45, 2.75) is 12.7 Å². The molecule has 1 aliphatic heterocycles. The highest BCUT2D eigenvalue weighted by Gasteiger charge is 2.31. The number of nitrogens with zero attached hydrogens (tertiary/aromatic N) is 1. The van der Waals surface area contributed by atoms with Gasteiger partial charge in [-0.25, -0.2) is 0 Å². The zero-order valence-corrected chi connectivity index (χ0v) is 15.1. The van der Waals surface area contributed by atoms with Gasteiger partial charge < -0.3 is 14.5 Å². The maximum atomic E-state index is 12.9. The first-order valence-corrected chi connectivity index (χ1v) is 9.05. The molecule has 0 aliphatic carbocycles. The van der Waals surface area contributed by atoms with E-state index >= 15 is 0 Å². The first kappa shape index (κ1) is 19.3. The predicted molar refractivity (Wildman–Crippen MR) is 100 cm³/mol. The van der Waals surface area contributed by atoms with Crippen LogP contribution in [0.15, 0.2) is 61.2 Å². The molecule has 1 N–H and O–H groups in total. The van der Waals surface area contributed by atoms with Gasteiger partial charge in [0.2, 0.25) is 0 Å². The first-order chi connectivity index (χ1) is 13.0. The number of benzene rings is 2. The van der Waals surface area contributed by atoms with Crippen LogP contribution in [0.5, 0.6) is 5.75 Å². The average Bonchev–Trinajstić information content (AvgIpc) is 2.67. The van der Waals surface area contributed by atoms with Gasteiger partial charge >= 0.3 is 6.18 Å². The molecule has 0 unspecified atom stereocenters. The second-order valence-electron chi connectivity index (χ2n) is 6.67. The Morgan fingerprint density at radius 1 is 1.07 bits per heavy atom. The van der Waals surface area contributed by atoms with Crippen molar-refractivity contribution in [2.24, 2.45) is 0 Å². The number of ether oxygens (including phenoxy) is 1.